The van der Waals surface area contributed by atoms with E-state index in [1.165, 1.54) is 19.4 Å². The van der Waals surface area contributed by atoms with Crippen molar-refractivity contribution in [1.29, 1.82) is 0 Å². The van der Waals surface area contributed by atoms with Crippen LogP contribution < -0.4 is 4.74 Å². The van der Waals surface area contributed by atoms with Crippen LogP contribution in [0.1, 0.15) is 0 Å². The van der Waals surface area contributed by atoms with Crippen molar-refractivity contribution in [2.45, 2.75) is 0 Å². The molecule has 0 aliphatic carbocycles. The number of ether oxygens (including phenoxy) is 1. The van der Waals surface area contributed by atoms with Crippen molar-refractivity contribution in [3.63, 3.8) is 0 Å². The molecule has 88 valence electrons. The summed E-state index contributed by atoms with van der Waals surface area (Å²) in [4.78, 5) is 7.32. The molecule has 0 saturated heterocycles. The number of rotatable bonds is 2. The molecule has 2 aromatic rings. The second-order valence-corrected chi connectivity index (χ2v) is 3.56. The average molecular weight is 257 g/mol. The van der Waals surface area contributed by atoms with Gasteiger partial charge in [-0.2, -0.15) is 4.39 Å². The highest BCUT2D eigenvalue weighted by Gasteiger charge is 2.14. The van der Waals surface area contributed by atoms with Crippen molar-refractivity contribution in [3.05, 3.63) is 41.3 Å². The lowest BCUT2D eigenvalue weighted by Gasteiger charge is -2.08. The Balaban J connectivity index is 2.62. The summed E-state index contributed by atoms with van der Waals surface area (Å²) < 4.78 is 31.7. The molecule has 0 bridgehead atoms. The zero-order valence-electron chi connectivity index (χ0n) is 8.75. The van der Waals surface area contributed by atoms with Crippen molar-refractivity contribution >= 4 is 11.6 Å². The van der Waals surface area contributed by atoms with Crippen LogP contribution in [0, 0.1) is 11.8 Å². The molecule has 0 spiro atoms. The summed E-state index contributed by atoms with van der Waals surface area (Å²) in [5.74, 6) is -1.11. The van der Waals surface area contributed by atoms with E-state index in [1.807, 2.05) is 0 Å². The smallest absolute Gasteiger partial charge is 0.213 e. The molecule has 6 heteroatoms. The molecule has 0 aliphatic heterocycles. The maximum absolute atomic E-state index is 13.6. The Hall–Kier alpha value is -1.75. The number of aromatic nitrogens is 2. The summed E-state index contributed by atoms with van der Waals surface area (Å²) in [6.07, 6.45) is 1.18. The third kappa shape index (κ3) is 2.34. The van der Waals surface area contributed by atoms with E-state index >= 15 is 0 Å². The summed E-state index contributed by atoms with van der Waals surface area (Å²) in [6, 6.07) is 3.53. The van der Waals surface area contributed by atoms with Crippen LogP contribution in [0.25, 0.3) is 11.3 Å². The highest BCUT2D eigenvalue weighted by atomic mass is 35.5. The third-order valence-corrected chi connectivity index (χ3v) is 2.33. The first-order chi connectivity index (χ1) is 8.11. The minimum Gasteiger partial charge on any atom is -0.494 e. The van der Waals surface area contributed by atoms with Gasteiger partial charge in [0.25, 0.3) is 0 Å². The third-order valence-electron chi connectivity index (χ3n) is 2.12. The molecule has 2 aromatic heterocycles. The van der Waals surface area contributed by atoms with Crippen LogP contribution >= 0.6 is 11.6 Å². The van der Waals surface area contributed by atoms with E-state index in [4.69, 9.17) is 16.3 Å². The molecule has 3 nitrogen and oxygen atoms in total. The van der Waals surface area contributed by atoms with E-state index in [0.29, 0.717) is 0 Å². The monoisotopic (exact) mass is 256 g/mol. The predicted octanol–water partition coefficient (Wildman–Crippen LogP) is 3.08. The minimum absolute atomic E-state index is 0.0154. The molecule has 0 radical (unpaired) electrons. The quantitative estimate of drug-likeness (QED) is 0.775. The van der Waals surface area contributed by atoms with Crippen LogP contribution in [0.3, 0.4) is 0 Å². The Kier molecular flexibility index (Phi) is 3.19. The van der Waals surface area contributed by atoms with Gasteiger partial charge in [0.05, 0.1) is 12.7 Å². The molecule has 0 unspecified atom stereocenters. The van der Waals surface area contributed by atoms with Gasteiger partial charge >= 0.3 is 0 Å². The minimum atomic E-state index is -0.727. The van der Waals surface area contributed by atoms with Crippen molar-refractivity contribution < 1.29 is 13.5 Å². The number of hydrogen-bond donors (Lipinski definition) is 0. The maximum Gasteiger partial charge on any atom is 0.213 e. The summed E-state index contributed by atoms with van der Waals surface area (Å²) in [5, 5.41) is 0.0154. The highest BCUT2D eigenvalue weighted by Crippen LogP contribution is 2.30. The molecule has 2 rings (SSSR count). The number of nitrogens with zero attached hydrogens (tertiary/aromatic N) is 2. The molecular weight excluding hydrogens is 250 g/mol. The van der Waals surface area contributed by atoms with Crippen LogP contribution in [0.5, 0.6) is 5.75 Å². The first-order valence-corrected chi connectivity index (χ1v) is 5.01. The molecule has 0 atom stereocenters. The fraction of sp³-hybridized carbons (Fsp3) is 0.0909. The van der Waals surface area contributed by atoms with Gasteiger partial charge in [0, 0.05) is 12.3 Å². The number of hydrogen-bond acceptors (Lipinski definition) is 3. The summed E-state index contributed by atoms with van der Waals surface area (Å²) in [6.45, 7) is 0. The summed E-state index contributed by atoms with van der Waals surface area (Å²) in [5.41, 5.74) is 0.0833. The molecule has 17 heavy (non-hydrogen) atoms. The lowest BCUT2D eigenvalue weighted by atomic mass is 10.1. The number of pyridine rings is 2. The average Bonchev–Trinajstić information content (AvgIpc) is 2.29. The van der Waals surface area contributed by atoms with Crippen molar-refractivity contribution in [1.82, 2.24) is 9.97 Å². The lowest BCUT2D eigenvalue weighted by Crippen LogP contribution is -1.96. The summed E-state index contributed by atoms with van der Waals surface area (Å²) in [7, 11) is 1.39. The lowest BCUT2D eigenvalue weighted by molar-refractivity contribution is 0.412. The van der Waals surface area contributed by atoms with E-state index in [2.05, 4.69) is 9.97 Å². The van der Waals surface area contributed by atoms with Crippen LogP contribution in [-0.4, -0.2) is 17.1 Å². The van der Waals surface area contributed by atoms with Crippen LogP contribution in [0.15, 0.2) is 24.4 Å². The normalized spacial score (nSPS) is 10.4. The maximum atomic E-state index is 13.6. The topological polar surface area (TPSA) is 35.0 Å². The molecular formula is C11H7ClF2N2O. The Morgan fingerprint density at radius 3 is 2.71 bits per heavy atom. The fourth-order valence-corrected chi connectivity index (χ4v) is 1.51. The van der Waals surface area contributed by atoms with Crippen LogP contribution in [-0.2, 0) is 0 Å². The molecule has 0 aromatic carbocycles. The Bertz CT molecular complexity index is 563. The largest absolute Gasteiger partial charge is 0.494 e. The Morgan fingerprint density at radius 1 is 1.29 bits per heavy atom. The zero-order chi connectivity index (χ0) is 12.4. The van der Waals surface area contributed by atoms with Crippen LogP contribution in [0.2, 0.25) is 5.15 Å². The van der Waals surface area contributed by atoms with Crippen LogP contribution in [0.4, 0.5) is 8.78 Å². The van der Waals surface area contributed by atoms with Gasteiger partial charge in [-0.25, -0.2) is 14.4 Å². The standard InChI is InChI=1S/C11H7ClF2N2O/c1-17-8-2-3-10(14)16-11(8)6-5-15-9(12)4-7(6)13/h2-5H,1H3. The Labute approximate surface area is 101 Å². The second kappa shape index (κ2) is 4.63. The summed E-state index contributed by atoms with van der Waals surface area (Å²) >= 11 is 5.53. The van der Waals surface area contributed by atoms with Gasteiger partial charge in [-0.15, -0.1) is 0 Å². The first kappa shape index (κ1) is 11.7. The highest BCUT2D eigenvalue weighted by molar-refractivity contribution is 6.29. The van der Waals surface area contributed by atoms with E-state index in [9.17, 15) is 8.78 Å². The van der Waals surface area contributed by atoms with Gasteiger partial charge in [-0.3, -0.25) is 0 Å². The Morgan fingerprint density at radius 2 is 2.06 bits per heavy atom. The predicted molar refractivity (Wildman–Crippen MR) is 58.9 cm³/mol. The van der Waals surface area contributed by atoms with Crippen molar-refractivity contribution in [3.8, 4) is 17.0 Å². The molecule has 0 aliphatic rings. The van der Waals surface area contributed by atoms with E-state index in [0.717, 1.165) is 12.1 Å². The molecule has 0 N–H and O–H groups in total. The fourth-order valence-electron chi connectivity index (χ4n) is 1.36. The van der Waals surface area contributed by atoms with Gasteiger partial charge in [-0.1, -0.05) is 11.6 Å². The SMILES string of the molecule is COc1ccc(F)nc1-c1cnc(Cl)cc1F. The molecule has 0 fully saturated rings. The van der Waals surface area contributed by atoms with Gasteiger partial charge in [0.1, 0.15) is 22.4 Å². The van der Waals surface area contributed by atoms with Gasteiger partial charge < -0.3 is 4.74 Å². The van der Waals surface area contributed by atoms with E-state index in [-0.39, 0.29) is 22.2 Å². The zero-order valence-corrected chi connectivity index (χ0v) is 9.50. The molecule has 0 amide bonds. The van der Waals surface area contributed by atoms with Gasteiger partial charge in [0.15, 0.2) is 0 Å². The molecule has 0 saturated carbocycles. The van der Waals surface area contributed by atoms with Crippen molar-refractivity contribution in [2.24, 2.45) is 0 Å². The van der Waals surface area contributed by atoms with E-state index < -0.39 is 11.8 Å². The van der Waals surface area contributed by atoms with Gasteiger partial charge in [0.2, 0.25) is 5.95 Å². The number of methoxy groups -OCH3 is 1. The second-order valence-electron chi connectivity index (χ2n) is 3.17. The van der Waals surface area contributed by atoms with Gasteiger partial charge in [-0.05, 0) is 12.1 Å². The molecule has 2 heterocycles. The number of halogens is 3. The van der Waals surface area contributed by atoms with E-state index in [1.54, 1.807) is 0 Å². The van der Waals surface area contributed by atoms with Crippen molar-refractivity contribution in [2.75, 3.05) is 7.11 Å². The first-order valence-electron chi connectivity index (χ1n) is 4.64.